The Morgan fingerprint density at radius 1 is 1.86 bits per heavy atom. The number of H-pyrrole nitrogens is 1. The Hall–Kier alpha value is -1.06. The van der Waals surface area contributed by atoms with Crippen molar-refractivity contribution < 1.29 is 4.48 Å². The van der Waals surface area contributed by atoms with Crippen molar-refractivity contribution in [1.82, 2.24) is 10.2 Å². The normalized spacial score (nSPS) is 8.71. The van der Waals surface area contributed by atoms with Crippen LogP contribution in [0.25, 0.3) is 0 Å². The fraction of sp³-hybridized carbons (Fsp3) is 0. The van der Waals surface area contributed by atoms with Crippen LogP contribution in [0.15, 0.2) is 12.4 Å². The Kier molecular flexibility index (Phi) is 0.934. The Labute approximate surface area is 39.5 Å². The minimum absolute atomic E-state index is 0.347. The maximum atomic E-state index is 11.2. The fourth-order valence-electron chi connectivity index (χ4n) is 0.303. The van der Waals surface area contributed by atoms with Crippen molar-refractivity contribution >= 4 is 5.69 Å². The van der Waals surface area contributed by atoms with E-state index in [4.69, 9.17) is 0 Å². The van der Waals surface area contributed by atoms with Gasteiger partial charge in [-0.3, -0.25) is 5.10 Å². The fourth-order valence-corrected chi connectivity index (χ4v) is 0.303. The standard InChI is InChI=1S/C3H4FN3/c4-7-3-1-5-6-2-3/h1-2,7H,(H,5,6). The summed E-state index contributed by atoms with van der Waals surface area (Å²) in [5.41, 5.74) is 1.76. The Bertz CT molecular complexity index is 125. The lowest BCUT2D eigenvalue weighted by molar-refractivity contribution is 0.618. The molecule has 0 amide bonds. The molecular weight excluding hydrogens is 97.1 g/mol. The SMILES string of the molecule is FNc1cn[nH]c1. The highest BCUT2D eigenvalue weighted by atomic mass is 19.2. The van der Waals surface area contributed by atoms with Gasteiger partial charge in [-0.15, -0.1) is 4.48 Å². The number of nitrogens with one attached hydrogen (secondary N) is 2. The van der Waals surface area contributed by atoms with Gasteiger partial charge in [0.05, 0.1) is 6.20 Å². The smallest absolute Gasteiger partial charge is 0.103 e. The van der Waals surface area contributed by atoms with Gasteiger partial charge in [0.2, 0.25) is 0 Å². The van der Waals surface area contributed by atoms with Gasteiger partial charge in [-0.2, -0.15) is 5.10 Å². The summed E-state index contributed by atoms with van der Waals surface area (Å²) in [6, 6.07) is 0. The van der Waals surface area contributed by atoms with E-state index in [1.54, 1.807) is 0 Å². The van der Waals surface area contributed by atoms with Gasteiger partial charge in [0.1, 0.15) is 5.69 Å². The van der Waals surface area contributed by atoms with Crippen LogP contribution in [-0.2, 0) is 0 Å². The summed E-state index contributed by atoms with van der Waals surface area (Å²) in [5.74, 6) is 0. The van der Waals surface area contributed by atoms with Crippen LogP contribution in [0.4, 0.5) is 10.2 Å². The second kappa shape index (κ2) is 1.59. The Balaban J connectivity index is 2.76. The number of nitrogens with zero attached hydrogens (tertiary/aromatic N) is 1. The first kappa shape index (κ1) is 4.11. The van der Waals surface area contributed by atoms with Gasteiger partial charge in [-0.05, 0) is 0 Å². The number of aromatic nitrogens is 2. The number of rotatable bonds is 1. The van der Waals surface area contributed by atoms with Crippen LogP contribution in [0, 0.1) is 0 Å². The zero-order valence-electron chi connectivity index (χ0n) is 3.48. The first-order chi connectivity index (χ1) is 3.43. The molecule has 0 unspecified atom stereocenters. The molecule has 1 aromatic rings. The zero-order chi connectivity index (χ0) is 5.11. The monoisotopic (exact) mass is 101 g/mol. The largest absolute Gasteiger partial charge is 0.283 e. The average Bonchev–Trinajstić information content (AvgIpc) is 2.14. The summed E-state index contributed by atoms with van der Waals surface area (Å²) >= 11 is 0. The van der Waals surface area contributed by atoms with Crippen LogP contribution in [0.5, 0.6) is 0 Å². The highest BCUT2D eigenvalue weighted by Crippen LogP contribution is 1.98. The van der Waals surface area contributed by atoms with E-state index in [1.807, 2.05) is 0 Å². The van der Waals surface area contributed by atoms with Crippen molar-refractivity contribution in [3.05, 3.63) is 12.4 Å². The van der Waals surface area contributed by atoms with Crippen molar-refractivity contribution in [2.24, 2.45) is 0 Å². The van der Waals surface area contributed by atoms with E-state index in [0.717, 1.165) is 0 Å². The molecule has 1 rings (SSSR count). The lowest BCUT2D eigenvalue weighted by Gasteiger charge is -1.78. The number of halogens is 1. The topological polar surface area (TPSA) is 40.7 Å². The molecule has 0 aromatic carbocycles. The molecule has 0 atom stereocenters. The average molecular weight is 101 g/mol. The maximum absolute atomic E-state index is 11.2. The molecule has 4 heteroatoms. The molecule has 0 bridgehead atoms. The van der Waals surface area contributed by atoms with E-state index in [1.165, 1.54) is 17.9 Å². The summed E-state index contributed by atoms with van der Waals surface area (Å²) < 4.78 is 11.2. The number of aromatic amines is 1. The molecular formula is C3H4FN3. The summed E-state index contributed by atoms with van der Waals surface area (Å²) in [4.78, 5) is 0. The molecule has 0 spiro atoms. The molecule has 2 N–H and O–H groups in total. The van der Waals surface area contributed by atoms with Crippen LogP contribution in [-0.4, -0.2) is 10.2 Å². The number of anilines is 1. The molecule has 7 heavy (non-hydrogen) atoms. The molecule has 0 fully saturated rings. The minimum Gasteiger partial charge on any atom is -0.283 e. The predicted octanol–water partition coefficient (Wildman–Crippen LogP) is 0.706. The molecule has 1 heterocycles. The first-order valence-corrected chi connectivity index (χ1v) is 1.79. The third-order valence-electron chi connectivity index (χ3n) is 0.607. The first-order valence-electron chi connectivity index (χ1n) is 1.79. The van der Waals surface area contributed by atoms with Gasteiger partial charge in [0, 0.05) is 6.20 Å². The minimum atomic E-state index is 0.347. The highest BCUT2D eigenvalue weighted by Gasteiger charge is 1.84. The predicted molar refractivity (Wildman–Crippen MR) is 23.3 cm³/mol. The summed E-state index contributed by atoms with van der Waals surface area (Å²) in [5, 5.41) is 5.89. The highest BCUT2D eigenvalue weighted by molar-refractivity contribution is 5.33. The molecule has 1 aromatic heterocycles. The second-order valence-electron chi connectivity index (χ2n) is 1.08. The van der Waals surface area contributed by atoms with Crippen LogP contribution in [0.3, 0.4) is 0 Å². The number of hydrogen-bond acceptors (Lipinski definition) is 2. The van der Waals surface area contributed by atoms with E-state index in [0.29, 0.717) is 5.69 Å². The van der Waals surface area contributed by atoms with Gasteiger partial charge >= 0.3 is 0 Å². The maximum Gasteiger partial charge on any atom is 0.103 e. The van der Waals surface area contributed by atoms with E-state index in [-0.39, 0.29) is 0 Å². The lowest BCUT2D eigenvalue weighted by Crippen LogP contribution is -1.73. The summed E-state index contributed by atoms with van der Waals surface area (Å²) in [7, 11) is 0. The molecule has 3 nitrogen and oxygen atoms in total. The second-order valence-corrected chi connectivity index (χ2v) is 1.08. The van der Waals surface area contributed by atoms with Crippen molar-refractivity contribution in [3.63, 3.8) is 0 Å². The van der Waals surface area contributed by atoms with Crippen molar-refractivity contribution in [3.8, 4) is 0 Å². The molecule has 0 radical (unpaired) electrons. The van der Waals surface area contributed by atoms with Gasteiger partial charge in [-0.1, -0.05) is 0 Å². The van der Waals surface area contributed by atoms with Crippen LogP contribution < -0.4 is 5.54 Å². The third kappa shape index (κ3) is 0.677. The van der Waals surface area contributed by atoms with Crippen molar-refractivity contribution in [2.45, 2.75) is 0 Å². The molecule has 38 valence electrons. The molecule has 0 aliphatic carbocycles. The van der Waals surface area contributed by atoms with E-state index in [9.17, 15) is 4.48 Å². The molecule has 0 saturated heterocycles. The van der Waals surface area contributed by atoms with Gasteiger partial charge in [0.25, 0.3) is 0 Å². The summed E-state index contributed by atoms with van der Waals surface area (Å²) in [6.45, 7) is 0. The van der Waals surface area contributed by atoms with Crippen LogP contribution in [0.2, 0.25) is 0 Å². The van der Waals surface area contributed by atoms with Crippen LogP contribution >= 0.6 is 0 Å². The van der Waals surface area contributed by atoms with Crippen LogP contribution in [0.1, 0.15) is 0 Å². The molecule has 0 aliphatic heterocycles. The Morgan fingerprint density at radius 2 is 2.71 bits per heavy atom. The van der Waals surface area contributed by atoms with Crippen molar-refractivity contribution in [2.75, 3.05) is 5.54 Å². The van der Waals surface area contributed by atoms with E-state index < -0.39 is 0 Å². The molecule has 0 saturated carbocycles. The van der Waals surface area contributed by atoms with Gasteiger partial charge in [0.15, 0.2) is 0 Å². The Morgan fingerprint density at radius 3 is 3.00 bits per heavy atom. The van der Waals surface area contributed by atoms with E-state index in [2.05, 4.69) is 10.2 Å². The third-order valence-corrected chi connectivity index (χ3v) is 0.607. The molecule has 0 aliphatic rings. The number of hydrogen-bond donors (Lipinski definition) is 2. The zero-order valence-corrected chi connectivity index (χ0v) is 3.48. The van der Waals surface area contributed by atoms with Gasteiger partial charge < -0.3 is 0 Å². The van der Waals surface area contributed by atoms with Gasteiger partial charge in [-0.25, -0.2) is 5.54 Å². The van der Waals surface area contributed by atoms with Crippen molar-refractivity contribution in [1.29, 1.82) is 0 Å². The van der Waals surface area contributed by atoms with E-state index >= 15 is 0 Å². The quantitative estimate of drug-likeness (QED) is 0.511. The summed E-state index contributed by atoms with van der Waals surface area (Å²) in [6.07, 6.45) is 2.76. The lowest BCUT2D eigenvalue weighted by atomic mass is 10.6.